The Morgan fingerprint density at radius 2 is 1.80 bits per heavy atom. The Morgan fingerprint density at radius 3 is 2.51 bits per heavy atom. The predicted molar refractivity (Wildman–Crippen MR) is 137 cm³/mol. The molecule has 2 aromatic carbocycles. The summed E-state index contributed by atoms with van der Waals surface area (Å²) in [5, 5.41) is 9.33. The lowest BCUT2D eigenvalue weighted by molar-refractivity contribution is -0.134. The molecule has 7 nitrogen and oxygen atoms in total. The number of pyridine rings is 1. The van der Waals surface area contributed by atoms with Gasteiger partial charge in [-0.2, -0.15) is 0 Å². The minimum atomic E-state index is -0.454. The molecule has 5 rings (SSSR count). The molecule has 2 aromatic heterocycles. The molecule has 1 saturated heterocycles. The first-order valence-corrected chi connectivity index (χ1v) is 12.5. The second-order valence-electron chi connectivity index (χ2n) is 8.52. The van der Waals surface area contributed by atoms with Crippen LogP contribution in [0.3, 0.4) is 0 Å². The summed E-state index contributed by atoms with van der Waals surface area (Å²) >= 11 is 1.43. The lowest BCUT2D eigenvalue weighted by Gasteiger charge is -2.30. The van der Waals surface area contributed by atoms with Gasteiger partial charge >= 0.3 is 0 Å². The van der Waals surface area contributed by atoms with E-state index >= 15 is 0 Å². The molecule has 1 aliphatic heterocycles. The lowest BCUT2D eigenvalue weighted by Crippen LogP contribution is -2.42. The van der Waals surface area contributed by atoms with Crippen LogP contribution < -0.4 is 0 Å². The zero-order valence-corrected chi connectivity index (χ0v) is 20.6. The predicted octanol–water partition coefficient (Wildman–Crippen LogP) is 4.64. The molecule has 0 aliphatic carbocycles. The molecule has 1 atom stereocenters. The number of thioether (sulfide) groups is 1. The summed E-state index contributed by atoms with van der Waals surface area (Å²) in [6.45, 7) is 6.45. The molecule has 1 fully saturated rings. The van der Waals surface area contributed by atoms with Crippen molar-refractivity contribution in [3.05, 3.63) is 89.7 Å². The van der Waals surface area contributed by atoms with Crippen LogP contribution in [0.1, 0.15) is 21.9 Å². The zero-order chi connectivity index (χ0) is 24.2. The van der Waals surface area contributed by atoms with Gasteiger partial charge in [0.05, 0.1) is 18.9 Å². The third-order valence-electron chi connectivity index (χ3n) is 6.02. The Hall–Kier alpha value is -3.49. The zero-order valence-electron chi connectivity index (χ0n) is 19.8. The molecular formula is C27H27N5O2S. The van der Waals surface area contributed by atoms with Crippen molar-refractivity contribution in [1.82, 2.24) is 24.6 Å². The van der Waals surface area contributed by atoms with Crippen LogP contribution in [0.25, 0.3) is 17.1 Å². The molecule has 4 aromatic rings. The number of ether oxygens (including phenoxy) is 1. The molecule has 0 bridgehead atoms. The highest BCUT2D eigenvalue weighted by Crippen LogP contribution is 2.39. The summed E-state index contributed by atoms with van der Waals surface area (Å²) in [5.41, 5.74) is 5.07. The van der Waals surface area contributed by atoms with E-state index in [0.29, 0.717) is 37.3 Å². The van der Waals surface area contributed by atoms with Crippen molar-refractivity contribution in [3.63, 3.8) is 0 Å². The number of rotatable bonds is 6. The third-order valence-corrected chi connectivity index (χ3v) is 7.20. The average Bonchev–Trinajstić information content (AvgIpc) is 3.32. The van der Waals surface area contributed by atoms with Crippen molar-refractivity contribution < 1.29 is 9.53 Å². The Morgan fingerprint density at radius 1 is 1.00 bits per heavy atom. The minimum Gasteiger partial charge on any atom is -0.378 e. The smallest absolute Gasteiger partial charge is 0.240 e. The number of hydrogen-bond donors (Lipinski definition) is 0. The average molecular weight is 486 g/mol. The van der Waals surface area contributed by atoms with Gasteiger partial charge in [0.1, 0.15) is 5.25 Å². The van der Waals surface area contributed by atoms with Crippen LogP contribution in [-0.2, 0) is 9.53 Å². The van der Waals surface area contributed by atoms with Crippen LogP contribution in [0.2, 0.25) is 0 Å². The summed E-state index contributed by atoms with van der Waals surface area (Å²) in [4.78, 5) is 19.9. The van der Waals surface area contributed by atoms with Crippen molar-refractivity contribution in [1.29, 1.82) is 0 Å². The van der Waals surface area contributed by atoms with Gasteiger partial charge in [0.2, 0.25) is 5.91 Å². The number of hydrogen-bond acceptors (Lipinski definition) is 6. The number of nitrogens with zero attached hydrogens (tertiary/aromatic N) is 5. The van der Waals surface area contributed by atoms with Gasteiger partial charge in [-0.05, 0) is 43.2 Å². The van der Waals surface area contributed by atoms with Crippen molar-refractivity contribution in [2.45, 2.75) is 24.3 Å². The van der Waals surface area contributed by atoms with Gasteiger partial charge in [-0.15, -0.1) is 10.2 Å². The van der Waals surface area contributed by atoms with Crippen molar-refractivity contribution in [3.8, 4) is 17.1 Å². The number of aromatic nitrogens is 4. The molecular weight excluding hydrogens is 458 g/mol. The summed E-state index contributed by atoms with van der Waals surface area (Å²) in [5.74, 6) is 0.751. The molecule has 0 spiro atoms. The number of carbonyl (C=O) groups excluding carboxylic acids is 1. The van der Waals surface area contributed by atoms with Gasteiger partial charge in [-0.3, -0.25) is 14.3 Å². The lowest BCUT2D eigenvalue weighted by atomic mass is 10.1. The number of benzene rings is 2. The standard InChI is InChI=1S/C27H27N5O2S/c1-19-10-11-23(20(2)17-19)32-25(22-9-6-12-28-18-22)29-30-27(32)35-24(21-7-4-3-5-8-21)26(33)31-13-15-34-16-14-31/h3-12,17-18,24H,13-16H2,1-2H3/t24-/m1/s1. The molecule has 1 amide bonds. The first-order chi connectivity index (χ1) is 17.1. The van der Waals surface area contributed by atoms with Crippen molar-refractivity contribution >= 4 is 17.7 Å². The van der Waals surface area contributed by atoms with Crippen LogP contribution in [0.15, 0.2) is 78.2 Å². The molecule has 35 heavy (non-hydrogen) atoms. The van der Waals surface area contributed by atoms with Gasteiger partial charge in [0.25, 0.3) is 0 Å². The molecule has 1 aliphatic rings. The second kappa shape index (κ2) is 10.4. The summed E-state index contributed by atoms with van der Waals surface area (Å²) in [6.07, 6.45) is 3.52. The quantitative estimate of drug-likeness (QED) is 0.371. The van der Waals surface area contributed by atoms with Crippen LogP contribution in [0.5, 0.6) is 0 Å². The van der Waals surface area contributed by atoms with E-state index in [9.17, 15) is 4.79 Å². The number of morpholine rings is 1. The van der Waals surface area contributed by atoms with Crippen molar-refractivity contribution in [2.75, 3.05) is 26.3 Å². The van der Waals surface area contributed by atoms with Gasteiger partial charge in [-0.25, -0.2) is 0 Å². The first kappa shape index (κ1) is 23.3. The number of aryl methyl sites for hydroxylation is 2. The normalized spacial score (nSPS) is 14.6. The molecule has 0 N–H and O–H groups in total. The van der Waals surface area contributed by atoms with E-state index in [4.69, 9.17) is 4.74 Å². The van der Waals surface area contributed by atoms with Gasteiger partial charge in [0, 0.05) is 31.0 Å². The monoisotopic (exact) mass is 485 g/mol. The SMILES string of the molecule is Cc1ccc(-n2c(S[C@@H](C(=O)N3CCOCC3)c3ccccc3)nnc2-c2cccnc2)c(C)c1. The Balaban J connectivity index is 1.60. The first-order valence-electron chi connectivity index (χ1n) is 11.6. The highest BCUT2D eigenvalue weighted by molar-refractivity contribution is 8.00. The van der Waals surface area contributed by atoms with E-state index in [0.717, 1.165) is 22.4 Å². The Bertz CT molecular complexity index is 1300. The Kier molecular flexibility index (Phi) is 6.92. The molecule has 8 heteroatoms. The third kappa shape index (κ3) is 4.99. The fourth-order valence-corrected chi connectivity index (χ4v) is 5.38. The number of carbonyl (C=O) groups is 1. The Labute approximate surface area is 209 Å². The molecule has 0 saturated carbocycles. The molecule has 178 valence electrons. The van der Waals surface area contributed by atoms with Crippen LogP contribution in [0, 0.1) is 13.8 Å². The minimum absolute atomic E-state index is 0.0580. The van der Waals surface area contributed by atoms with E-state index in [2.05, 4.69) is 47.2 Å². The maximum Gasteiger partial charge on any atom is 0.240 e. The van der Waals surface area contributed by atoms with Crippen molar-refractivity contribution in [2.24, 2.45) is 0 Å². The fraction of sp³-hybridized carbons (Fsp3) is 0.259. The second-order valence-corrected chi connectivity index (χ2v) is 9.59. The van der Waals surface area contributed by atoms with E-state index in [1.807, 2.05) is 51.9 Å². The molecule has 3 heterocycles. The maximum absolute atomic E-state index is 13.7. The number of amides is 1. The largest absolute Gasteiger partial charge is 0.378 e. The topological polar surface area (TPSA) is 73.1 Å². The fourth-order valence-electron chi connectivity index (χ4n) is 4.25. The van der Waals surface area contributed by atoms with Crippen LogP contribution in [-0.4, -0.2) is 56.9 Å². The van der Waals surface area contributed by atoms with Gasteiger partial charge < -0.3 is 9.64 Å². The van der Waals surface area contributed by atoms with E-state index in [1.54, 1.807) is 12.4 Å². The highest BCUT2D eigenvalue weighted by Gasteiger charge is 2.31. The van der Waals surface area contributed by atoms with Crippen LogP contribution in [0.4, 0.5) is 0 Å². The summed E-state index contributed by atoms with van der Waals surface area (Å²) in [7, 11) is 0. The highest BCUT2D eigenvalue weighted by atomic mass is 32.2. The summed E-state index contributed by atoms with van der Waals surface area (Å²) in [6, 6.07) is 20.0. The molecule has 0 radical (unpaired) electrons. The maximum atomic E-state index is 13.7. The van der Waals surface area contributed by atoms with Crippen LogP contribution >= 0.6 is 11.8 Å². The van der Waals surface area contributed by atoms with E-state index < -0.39 is 5.25 Å². The van der Waals surface area contributed by atoms with E-state index in [1.165, 1.54) is 17.3 Å². The van der Waals surface area contributed by atoms with Gasteiger partial charge in [0.15, 0.2) is 11.0 Å². The molecule has 0 unspecified atom stereocenters. The summed E-state index contributed by atoms with van der Waals surface area (Å²) < 4.78 is 7.51. The van der Waals surface area contributed by atoms with Gasteiger partial charge in [-0.1, -0.05) is 59.8 Å². The van der Waals surface area contributed by atoms with E-state index in [-0.39, 0.29) is 5.91 Å².